The molecule has 4 heteroatoms. The Hall–Kier alpha value is -0.700. The summed E-state index contributed by atoms with van der Waals surface area (Å²) in [5.41, 5.74) is 3.69. The van der Waals surface area contributed by atoms with Gasteiger partial charge in [-0.25, -0.2) is 0 Å². The van der Waals surface area contributed by atoms with E-state index in [4.69, 9.17) is 23.2 Å². The van der Waals surface area contributed by atoms with E-state index in [9.17, 15) is 0 Å². The lowest BCUT2D eigenvalue weighted by Crippen LogP contribution is -2.07. The third-order valence-electron chi connectivity index (χ3n) is 3.44. The molecular formula is C15H12BrCl2N. The molecule has 0 amide bonds. The van der Waals surface area contributed by atoms with Crippen LogP contribution in [0.4, 0.5) is 5.69 Å². The number of halogens is 3. The summed E-state index contributed by atoms with van der Waals surface area (Å²) >= 11 is 15.6. The van der Waals surface area contributed by atoms with E-state index in [2.05, 4.69) is 33.4 Å². The third-order valence-corrected chi connectivity index (χ3v) is 4.60. The van der Waals surface area contributed by atoms with Crippen molar-refractivity contribution in [2.45, 2.75) is 18.9 Å². The standard InChI is InChI=1S/C15H12BrCl2N/c16-13-5-3-11(18)8-15(13)19-14-6-1-9-7-10(17)2-4-12(9)14/h2-5,7-8,14,19H,1,6H2. The van der Waals surface area contributed by atoms with E-state index in [1.54, 1.807) is 0 Å². The molecule has 0 aromatic heterocycles. The molecule has 1 atom stereocenters. The van der Waals surface area contributed by atoms with Crippen LogP contribution in [-0.4, -0.2) is 0 Å². The number of benzene rings is 2. The van der Waals surface area contributed by atoms with Crippen LogP contribution in [0, 0.1) is 0 Å². The Kier molecular flexibility index (Phi) is 3.75. The minimum absolute atomic E-state index is 0.321. The van der Waals surface area contributed by atoms with Crippen molar-refractivity contribution in [3.8, 4) is 0 Å². The van der Waals surface area contributed by atoms with Crippen LogP contribution in [0.2, 0.25) is 10.0 Å². The molecule has 0 saturated carbocycles. The zero-order valence-electron chi connectivity index (χ0n) is 10.1. The molecule has 0 heterocycles. The second-order valence-corrected chi connectivity index (χ2v) is 6.43. The highest BCUT2D eigenvalue weighted by molar-refractivity contribution is 9.10. The van der Waals surface area contributed by atoms with E-state index in [0.29, 0.717) is 6.04 Å². The van der Waals surface area contributed by atoms with Crippen LogP contribution in [0.25, 0.3) is 0 Å². The van der Waals surface area contributed by atoms with Gasteiger partial charge < -0.3 is 5.32 Å². The molecule has 1 nitrogen and oxygen atoms in total. The first kappa shape index (κ1) is 13.3. The number of nitrogens with one attached hydrogen (secondary N) is 1. The average Bonchev–Trinajstić information content (AvgIpc) is 2.76. The Morgan fingerprint density at radius 3 is 2.63 bits per heavy atom. The van der Waals surface area contributed by atoms with Gasteiger partial charge in [0.05, 0.1) is 11.7 Å². The van der Waals surface area contributed by atoms with E-state index < -0.39 is 0 Å². The number of hydrogen-bond acceptors (Lipinski definition) is 1. The van der Waals surface area contributed by atoms with Crippen LogP contribution >= 0.6 is 39.1 Å². The summed E-state index contributed by atoms with van der Waals surface area (Å²) < 4.78 is 1.03. The lowest BCUT2D eigenvalue weighted by Gasteiger charge is -2.17. The van der Waals surface area contributed by atoms with E-state index in [1.807, 2.05) is 24.3 Å². The first-order chi connectivity index (χ1) is 9.13. The van der Waals surface area contributed by atoms with E-state index in [0.717, 1.165) is 33.0 Å². The van der Waals surface area contributed by atoms with E-state index in [-0.39, 0.29) is 0 Å². The Bertz CT molecular complexity index is 628. The molecule has 2 aromatic carbocycles. The number of aryl methyl sites for hydroxylation is 1. The molecule has 0 radical (unpaired) electrons. The maximum Gasteiger partial charge on any atom is 0.0520 e. The first-order valence-corrected chi connectivity index (χ1v) is 7.68. The fourth-order valence-corrected chi connectivity index (χ4v) is 3.26. The van der Waals surface area contributed by atoms with Crippen molar-refractivity contribution in [1.82, 2.24) is 0 Å². The predicted molar refractivity (Wildman–Crippen MR) is 85.3 cm³/mol. The molecule has 0 saturated heterocycles. The quantitative estimate of drug-likeness (QED) is 0.711. The molecule has 1 aliphatic carbocycles. The SMILES string of the molecule is Clc1ccc2c(c1)CCC2Nc1cc(Cl)ccc1Br. The lowest BCUT2D eigenvalue weighted by molar-refractivity contribution is 0.761. The van der Waals surface area contributed by atoms with Crippen LogP contribution in [0.1, 0.15) is 23.6 Å². The van der Waals surface area contributed by atoms with E-state index in [1.165, 1.54) is 11.1 Å². The Labute approximate surface area is 131 Å². The van der Waals surface area contributed by atoms with Gasteiger partial charge in [-0.1, -0.05) is 29.3 Å². The number of hydrogen-bond donors (Lipinski definition) is 1. The minimum Gasteiger partial charge on any atom is -0.377 e. The van der Waals surface area contributed by atoms with Gasteiger partial charge in [-0.2, -0.15) is 0 Å². The van der Waals surface area contributed by atoms with Crippen LogP contribution in [0.15, 0.2) is 40.9 Å². The zero-order chi connectivity index (χ0) is 13.4. The molecule has 19 heavy (non-hydrogen) atoms. The largest absolute Gasteiger partial charge is 0.377 e. The molecule has 2 aromatic rings. The summed E-state index contributed by atoms with van der Waals surface area (Å²) in [6, 6.07) is 12.2. The second kappa shape index (κ2) is 5.35. The third kappa shape index (κ3) is 2.76. The Morgan fingerprint density at radius 2 is 1.79 bits per heavy atom. The number of anilines is 1. The molecule has 3 rings (SSSR count). The van der Waals surface area contributed by atoms with Crippen molar-refractivity contribution < 1.29 is 0 Å². The van der Waals surface area contributed by atoms with Gasteiger partial charge in [-0.3, -0.25) is 0 Å². The van der Waals surface area contributed by atoms with Crippen LogP contribution in [-0.2, 0) is 6.42 Å². The molecule has 1 unspecified atom stereocenters. The minimum atomic E-state index is 0.321. The van der Waals surface area contributed by atoms with Crippen molar-refractivity contribution in [3.63, 3.8) is 0 Å². The Morgan fingerprint density at radius 1 is 1.05 bits per heavy atom. The molecule has 98 valence electrons. The summed E-state index contributed by atoms with van der Waals surface area (Å²) in [6.07, 6.45) is 2.14. The van der Waals surface area contributed by atoms with Gasteiger partial charge in [-0.05, 0) is 70.2 Å². The summed E-state index contributed by atoms with van der Waals surface area (Å²) in [5, 5.41) is 5.10. The van der Waals surface area contributed by atoms with Gasteiger partial charge in [0.1, 0.15) is 0 Å². The summed E-state index contributed by atoms with van der Waals surface area (Å²) in [4.78, 5) is 0. The van der Waals surface area contributed by atoms with Gasteiger partial charge in [0.25, 0.3) is 0 Å². The van der Waals surface area contributed by atoms with Crippen molar-refractivity contribution in [2.75, 3.05) is 5.32 Å². The molecular weight excluding hydrogens is 345 g/mol. The van der Waals surface area contributed by atoms with Gasteiger partial charge in [0.2, 0.25) is 0 Å². The van der Waals surface area contributed by atoms with Gasteiger partial charge in [0.15, 0.2) is 0 Å². The van der Waals surface area contributed by atoms with Crippen molar-refractivity contribution in [2.24, 2.45) is 0 Å². The van der Waals surface area contributed by atoms with Gasteiger partial charge >= 0.3 is 0 Å². The lowest BCUT2D eigenvalue weighted by atomic mass is 10.1. The maximum atomic E-state index is 6.04. The normalized spacial score (nSPS) is 17.3. The van der Waals surface area contributed by atoms with Crippen LogP contribution in [0.3, 0.4) is 0 Å². The number of fused-ring (bicyclic) bond motifs is 1. The molecule has 0 aliphatic heterocycles. The summed E-state index contributed by atoms with van der Waals surface area (Å²) in [7, 11) is 0. The Balaban J connectivity index is 1.88. The van der Waals surface area contributed by atoms with Crippen molar-refractivity contribution in [3.05, 3.63) is 62.0 Å². The molecule has 1 N–H and O–H groups in total. The van der Waals surface area contributed by atoms with Gasteiger partial charge in [0, 0.05) is 14.5 Å². The average molecular weight is 357 g/mol. The van der Waals surface area contributed by atoms with E-state index >= 15 is 0 Å². The van der Waals surface area contributed by atoms with Crippen LogP contribution in [0.5, 0.6) is 0 Å². The number of rotatable bonds is 2. The monoisotopic (exact) mass is 355 g/mol. The molecule has 0 fully saturated rings. The molecule has 0 bridgehead atoms. The van der Waals surface area contributed by atoms with Crippen molar-refractivity contribution in [1.29, 1.82) is 0 Å². The topological polar surface area (TPSA) is 12.0 Å². The first-order valence-electron chi connectivity index (χ1n) is 6.13. The smallest absolute Gasteiger partial charge is 0.0520 e. The fraction of sp³-hybridized carbons (Fsp3) is 0.200. The summed E-state index contributed by atoms with van der Waals surface area (Å²) in [5.74, 6) is 0. The second-order valence-electron chi connectivity index (χ2n) is 4.70. The highest BCUT2D eigenvalue weighted by atomic mass is 79.9. The fourth-order valence-electron chi connectivity index (χ4n) is 2.53. The predicted octanol–water partition coefficient (Wildman–Crippen LogP) is 5.86. The highest BCUT2D eigenvalue weighted by Gasteiger charge is 2.22. The highest BCUT2D eigenvalue weighted by Crippen LogP contribution is 2.37. The maximum absolute atomic E-state index is 6.04. The van der Waals surface area contributed by atoms with Gasteiger partial charge in [-0.15, -0.1) is 0 Å². The molecule has 1 aliphatic rings. The van der Waals surface area contributed by atoms with Crippen LogP contribution < -0.4 is 5.32 Å². The summed E-state index contributed by atoms with van der Waals surface area (Å²) in [6.45, 7) is 0. The zero-order valence-corrected chi connectivity index (χ0v) is 13.2. The molecule has 0 spiro atoms. The van der Waals surface area contributed by atoms with Crippen molar-refractivity contribution >= 4 is 44.8 Å².